The number of benzene rings is 1. The van der Waals surface area contributed by atoms with Gasteiger partial charge in [0.05, 0.1) is 6.07 Å². The van der Waals surface area contributed by atoms with Crippen molar-refractivity contribution in [2.75, 3.05) is 26.2 Å². The Labute approximate surface area is 127 Å². The summed E-state index contributed by atoms with van der Waals surface area (Å²) in [6.07, 6.45) is 0. The number of piperazine rings is 1. The Balaban J connectivity index is 2.04. The second-order valence-corrected chi connectivity index (χ2v) is 6.25. The fourth-order valence-corrected chi connectivity index (χ4v) is 2.60. The third-order valence-electron chi connectivity index (χ3n) is 4.38. The molecule has 0 saturated carbocycles. The zero-order valence-electron chi connectivity index (χ0n) is 13.3. The molecule has 1 aromatic rings. The largest absolute Gasteiger partial charge is 0.336 e. The van der Waals surface area contributed by atoms with Crippen LogP contribution in [0.3, 0.4) is 0 Å². The van der Waals surface area contributed by atoms with Gasteiger partial charge in [-0.2, -0.15) is 5.26 Å². The standard InChI is InChI=1S/C17H23N3O/c1-13-5-6-15(11-14(13)2)16(21)19-7-9-20(10-8-19)17(3,4)12-18/h5-6,11H,7-10H2,1-4H3. The third kappa shape index (κ3) is 3.25. The van der Waals surface area contributed by atoms with Crippen molar-refractivity contribution in [2.45, 2.75) is 33.2 Å². The fourth-order valence-electron chi connectivity index (χ4n) is 2.60. The zero-order chi connectivity index (χ0) is 15.6. The van der Waals surface area contributed by atoms with E-state index in [4.69, 9.17) is 0 Å². The van der Waals surface area contributed by atoms with Crippen molar-refractivity contribution < 1.29 is 4.79 Å². The summed E-state index contributed by atoms with van der Waals surface area (Å²) in [5.41, 5.74) is 2.64. The van der Waals surface area contributed by atoms with Crippen LogP contribution in [0.25, 0.3) is 0 Å². The van der Waals surface area contributed by atoms with Crippen molar-refractivity contribution in [1.29, 1.82) is 5.26 Å². The van der Waals surface area contributed by atoms with Crippen molar-refractivity contribution in [3.63, 3.8) is 0 Å². The lowest BCUT2D eigenvalue weighted by Gasteiger charge is -2.40. The number of nitriles is 1. The van der Waals surface area contributed by atoms with E-state index in [9.17, 15) is 10.1 Å². The second-order valence-electron chi connectivity index (χ2n) is 6.25. The normalized spacial score (nSPS) is 16.6. The maximum Gasteiger partial charge on any atom is 0.253 e. The highest BCUT2D eigenvalue weighted by atomic mass is 16.2. The molecule has 1 fully saturated rings. The van der Waals surface area contributed by atoms with Gasteiger partial charge in [-0.25, -0.2) is 0 Å². The molecule has 0 aliphatic carbocycles. The maximum atomic E-state index is 12.5. The van der Waals surface area contributed by atoms with Gasteiger partial charge in [-0.3, -0.25) is 9.69 Å². The van der Waals surface area contributed by atoms with E-state index in [-0.39, 0.29) is 5.91 Å². The molecule has 1 amide bonds. The molecule has 0 unspecified atom stereocenters. The van der Waals surface area contributed by atoms with Crippen LogP contribution in [0.15, 0.2) is 18.2 Å². The molecule has 0 atom stereocenters. The number of amides is 1. The summed E-state index contributed by atoms with van der Waals surface area (Å²) in [5.74, 6) is 0.0903. The van der Waals surface area contributed by atoms with Gasteiger partial charge in [0.15, 0.2) is 0 Å². The molecule has 1 aliphatic rings. The van der Waals surface area contributed by atoms with E-state index >= 15 is 0 Å². The van der Waals surface area contributed by atoms with Crippen LogP contribution >= 0.6 is 0 Å². The molecular weight excluding hydrogens is 262 g/mol. The molecule has 4 heteroatoms. The van der Waals surface area contributed by atoms with Crippen molar-refractivity contribution in [2.24, 2.45) is 0 Å². The number of carbonyl (C=O) groups excluding carboxylic acids is 1. The number of carbonyl (C=O) groups is 1. The Bertz CT molecular complexity index is 578. The Morgan fingerprint density at radius 2 is 1.76 bits per heavy atom. The first-order valence-electron chi connectivity index (χ1n) is 7.38. The van der Waals surface area contributed by atoms with E-state index in [0.29, 0.717) is 13.1 Å². The van der Waals surface area contributed by atoms with Crippen molar-refractivity contribution in [1.82, 2.24) is 9.80 Å². The topological polar surface area (TPSA) is 47.3 Å². The minimum absolute atomic E-state index is 0.0903. The van der Waals surface area contributed by atoms with Crippen LogP contribution in [0.2, 0.25) is 0 Å². The van der Waals surface area contributed by atoms with Crippen molar-refractivity contribution in [3.8, 4) is 6.07 Å². The number of hydrogen-bond acceptors (Lipinski definition) is 3. The summed E-state index contributed by atoms with van der Waals surface area (Å²) >= 11 is 0. The van der Waals surface area contributed by atoms with Crippen molar-refractivity contribution in [3.05, 3.63) is 34.9 Å². The monoisotopic (exact) mass is 285 g/mol. The first kappa shape index (κ1) is 15.5. The molecule has 2 rings (SSSR count). The summed E-state index contributed by atoms with van der Waals surface area (Å²) in [6, 6.07) is 8.18. The van der Waals surface area contributed by atoms with Gasteiger partial charge in [0.1, 0.15) is 5.54 Å². The predicted molar refractivity (Wildman–Crippen MR) is 83.1 cm³/mol. The Morgan fingerprint density at radius 3 is 2.29 bits per heavy atom. The molecule has 1 heterocycles. The van der Waals surface area contributed by atoms with E-state index in [1.807, 2.05) is 50.8 Å². The molecule has 1 aliphatic heterocycles. The molecule has 1 aromatic carbocycles. The highest BCUT2D eigenvalue weighted by molar-refractivity contribution is 5.94. The molecule has 4 nitrogen and oxygen atoms in total. The van der Waals surface area contributed by atoms with Crippen LogP contribution in [0.4, 0.5) is 0 Å². The Kier molecular flexibility index (Phi) is 4.34. The molecule has 0 N–H and O–H groups in total. The van der Waals surface area contributed by atoms with Gasteiger partial charge in [-0.05, 0) is 51.0 Å². The van der Waals surface area contributed by atoms with Gasteiger partial charge in [0.25, 0.3) is 5.91 Å². The molecule has 0 spiro atoms. The minimum atomic E-state index is -0.463. The fraction of sp³-hybridized carbons (Fsp3) is 0.529. The zero-order valence-corrected chi connectivity index (χ0v) is 13.3. The highest BCUT2D eigenvalue weighted by Gasteiger charge is 2.31. The summed E-state index contributed by atoms with van der Waals surface area (Å²) in [5, 5.41) is 9.18. The molecule has 0 radical (unpaired) electrons. The molecule has 1 saturated heterocycles. The molecular formula is C17H23N3O. The Hall–Kier alpha value is -1.86. The predicted octanol–water partition coefficient (Wildman–Crippen LogP) is 2.36. The molecule has 112 valence electrons. The highest BCUT2D eigenvalue weighted by Crippen LogP contribution is 2.18. The van der Waals surface area contributed by atoms with Crippen LogP contribution < -0.4 is 0 Å². The maximum absolute atomic E-state index is 12.5. The van der Waals surface area contributed by atoms with Gasteiger partial charge in [-0.1, -0.05) is 6.07 Å². The summed E-state index contributed by atoms with van der Waals surface area (Å²) < 4.78 is 0. The average Bonchev–Trinajstić information content (AvgIpc) is 2.49. The molecule has 0 aromatic heterocycles. The van der Waals surface area contributed by atoms with E-state index in [0.717, 1.165) is 24.2 Å². The average molecular weight is 285 g/mol. The van der Waals surface area contributed by atoms with Gasteiger partial charge in [-0.15, -0.1) is 0 Å². The van der Waals surface area contributed by atoms with Gasteiger partial charge < -0.3 is 4.90 Å². The summed E-state index contributed by atoms with van der Waals surface area (Å²) in [6.45, 7) is 10.8. The SMILES string of the molecule is Cc1ccc(C(=O)N2CCN(C(C)(C)C#N)CC2)cc1C. The number of aryl methyl sites for hydroxylation is 2. The van der Waals surface area contributed by atoms with Crippen LogP contribution in [0.5, 0.6) is 0 Å². The lowest BCUT2D eigenvalue weighted by atomic mass is 10.0. The van der Waals surface area contributed by atoms with Crippen LogP contribution in [-0.4, -0.2) is 47.4 Å². The number of hydrogen-bond donors (Lipinski definition) is 0. The van der Waals surface area contributed by atoms with E-state index in [2.05, 4.69) is 11.0 Å². The second kappa shape index (κ2) is 5.87. The summed E-state index contributed by atoms with van der Waals surface area (Å²) in [4.78, 5) is 16.6. The van der Waals surface area contributed by atoms with Crippen LogP contribution in [-0.2, 0) is 0 Å². The van der Waals surface area contributed by atoms with Gasteiger partial charge in [0.2, 0.25) is 0 Å². The van der Waals surface area contributed by atoms with Crippen LogP contribution in [0.1, 0.15) is 35.3 Å². The quantitative estimate of drug-likeness (QED) is 0.838. The van der Waals surface area contributed by atoms with Crippen LogP contribution in [0, 0.1) is 25.2 Å². The third-order valence-corrected chi connectivity index (χ3v) is 4.38. The van der Waals surface area contributed by atoms with E-state index in [1.54, 1.807) is 0 Å². The lowest BCUT2D eigenvalue weighted by molar-refractivity contribution is 0.0521. The van der Waals surface area contributed by atoms with E-state index in [1.165, 1.54) is 5.56 Å². The number of nitrogens with zero attached hydrogens (tertiary/aromatic N) is 3. The first-order chi connectivity index (χ1) is 9.85. The molecule has 0 bridgehead atoms. The van der Waals surface area contributed by atoms with Gasteiger partial charge >= 0.3 is 0 Å². The summed E-state index contributed by atoms with van der Waals surface area (Å²) in [7, 11) is 0. The van der Waals surface area contributed by atoms with E-state index < -0.39 is 5.54 Å². The first-order valence-corrected chi connectivity index (χ1v) is 7.38. The van der Waals surface area contributed by atoms with Crippen molar-refractivity contribution >= 4 is 5.91 Å². The number of rotatable bonds is 2. The molecule has 21 heavy (non-hydrogen) atoms. The Morgan fingerprint density at radius 1 is 1.14 bits per heavy atom. The smallest absolute Gasteiger partial charge is 0.253 e. The minimum Gasteiger partial charge on any atom is -0.336 e. The van der Waals surface area contributed by atoms with Gasteiger partial charge in [0, 0.05) is 31.7 Å². The lowest BCUT2D eigenvalue weighted by Crippen LogP contribution is -2.55.